The van der Waals surface area contributed by atoms with Crippen LogP contribution in [0.1, 0.15) is 74.1 Å². The zero-order chi connectivity index (χ0) is 47.3. The lowest BCUT2D eigenvalue weighted by atomic mass is 10.00. The number of hydrogen-bond donors (Lipinski definition) is 5. The Kier molecular flexibility index (Phi) is 15.4. The number of benzene rings is 2. The number of amides is 4. The standard InChI is InChI=1S/C46H58ClFN10O6S2/c1-27(29-8-10-30(11-9-29)37-28(2)51-26-65-37)52-40(60)35-23-32(59)25-58(35)42(62)38(54-43(63)46(48)14-15-46)45(3,4)66-21-7-16-56-17-19-57(20-18-56)41(61)31-12-13-34(36(22-31)64-6)53-44-50-24-33(47)39(49-5)55-44/h8-13,22,24,26-27,32,35,38,59H,7,14-21,23,25H2,1-6H3,(H,52,60)(H,54,63)(H2,49,50,53,55)/t27-,32+,35-,38?/m0/s1. The molecule has 0 radical (unpaired) electrons. The number of carbonyl (C=O) groups excluding carboxylic acids is 4. The van der Waals surface area contributed by atoms with E-state index >= 15 is 4.39 Å². The Morgan fingerprint density at radius 1 is 1.08 bits per heavy atom. The van der Waals surface area contributed by atoms with E-state index in [0.29, 0.717) is 65.7 Å². The number of alkyl halides is 1. The van der Waals surface area contributed by atoms with Crippen LogP contribution in [0, 0.1) is 6.92 Å². The summed E-state index contributed by atoms with van der Waals surface area (Å²) < 4.78 is 19.8. The van der Waals surface area contributed by atoms with E-state index in [0.717, 1.165) is 34.7 Å². The van der Waals surface area contributed by atoms with Crippen LogP contribution in [0.3, 0.4) is 0 Å². The molecule has 2 saturated heterocycles. The monoisotopic (exact) mass is 964 g/mol. The normalized spacial score (nSPS) is 19.2. The lowest BCUT2D eigenvalue weighted by Crippen LogP contribution is -2.61. The second kappa shape index (κ2) is 20.8. The molecule has 1 unspecified atom stereocenters. The van der Waals surface area contributed by atoms with Crippen molar-refractivity contribution >= 4 is 75.8 Å². The number of hydrogen-bond acceptors (Lipinski definition) is 14. The minimum absolute atomic E-state index is 0.0328. The number of carbonyl (C=O) groups is 4. The molecule has 4 aromatic rings. The van der Waals surface area contributed by atoms with E-state index in [4.69, 9.17) is 16.3 Å². The number of aromatic nitrogens is 3. The zero-order valence-electron chi connectivity index (χ0n) is 38.0. The van der Waals surface area contributed by atoms with Crippen molar-refractivity contribution in [3.63, 3.8) is 0 Å². The maximum Gasteiger partial charge on any atom is 0.258 e. The summed E-state index contributed by atoms with van der Waals surface area (Å²) >= 11 is 9.17. The first-order valence-electron chi connectivity index (χ1n) is 22.1. The number of β-amino-alcohol motifs (C(OH)–C–C–N with tert-alkyl or cyclic N) is 1. The van der Waals surface area contributed by atoms with Gasteiger partial charge in [-0.3, -0.25) is 24.1 Å². The molecule has 3 fully saturated rings. The van der Waals surface area contributed by atoms with Crippen molar-refractivity contribution in [1.29, 1.82) is 0 Å². The molecule has 4 atom stereocenters. The molecule has 0 spiro atoms. The highest BCUT2D eigenvalue weighted by molar-refractivity contribution is 8.00. The van der Waals surface area contributed by atoms with Crippen LogP contribution < -0.4 is 26.0 Å². The van der Waals surface area contributed by atoms with Gasteiger partial charge in [0.15, 0.2) is 5.67 Å². The second-order valence-corrected chi connectivity index (χ2v) is 20.5. The quantitative estimate of drug-likeness (QED) is 0.0748. The topological polar surface area (TPSA) is 194 Å². The van der Waals surface area contributed by atoms with E-state index in [2.05, 4.69) is 41.1 Å². The number of nitrogens with one attached hydrogen (secondary N) is 4. The van der Waals surface area contributed by atoms with E-state index in [1.807, 2.05) is 56.9 Å². The molecule has 16 nitrogen and oxygen atoms in total. The molecular formula is C46H58ClFN10O6S2. The van der Waals surface area contributed by atoms with E-state index in [-0.39, 0.29) is 31.7 Å². The van der Waals surface area contributed by atoms with Crippen molar-refractivity contribution in [2.45, 2.75) is 88.0 Å². The molecule has 1 aliphatic carbocycles. The molecule has 4 amide bonds. The Morgan fingerprint density at radius 3 is 2.45 bits per heavy atom. The molecule has 20 heteroatoms. The molecular weight excluding hydrogens is 907 g/mol. The molecule has 2 aliphatic heterocycles. The summed E-state index contributed by atoms with van der Waals surface area (Å²) in [5, 5.41) is 23.0. The van der Waals surface area contributed by atoms with Gasteiger partial charge in [0.1, 0.15) is 28.7 Å². The van der Waals surface area contributed by atoms with Gasteiger partial charge in [0.05, 0.1) is 47.2 Å². The highest BCUT2D eigenvalue weighted by Crippen LogP contribution is 2.41. The Balaban J connectivity index is 0.920. The number of ether oxygens (including phenoxy) is 1. The van der Waals surface area contributed by atoms with Gasteiger partial charge in [0.25, 0.3) is 11.8 Å². The van der Waals surface area contributed by atoms with Gasteiger partial charge in [0.2, 0.25) is 17.8 Å². The van der Waals surface area contributed by atoms with Gasteiger partial charge >= 0.3 is 0 Å². The highest BCUT2D eigenvalue weighted by Gasteiger charge is 2.54. The van der Waals surface area contributed by atoms with Gasteiger partial charge in [0, 0.05) is 56.5 Å². The number of nitrogens with zero attached hydrogens (tertiary/aromatic N) is 6. The van der Waals surface area contributed by atoms with Gasteiger partial charge in [-0.25, -0.2) is 14.4 Å². The van der Waals surface area contributed by atoms with Crippen LogP contribution in [0.5, 0.6) is 5.75 Å². The molecule has 354 valence electrons. The van der Waals surface area contributed by atoms with Crippen LogP contribution in [-0.2, 0) is 14.4 Å². The average Bonchev–Trinajstić information content (AvgIpc) is 3.72. The van der Waals surface area contributed by atoms with Crippen LogP contribution in [0.15, 0.2) is 54.2 Å². The molecule has 3 aliphatic rings. The Morgan fingerprint density at radius 2 is 1.80 bits per heavy atom. The van der Waals surface area contributed by atoms with Gasteiger partial charge in [-0.1, -0.05) is 35.9 Å². The van der Waals surface area contributed by atoms with Crippen molar-refractivity contribution in [1.82, 2.24) is 40.3 Å². The van der Waals surface area contributed by atoms with E-state index < -0.39 is 52.4 Å². The highest BCUT2D eigenvalue weighted by atomic mass is 35.5. The number of rotatable bonds is 18. The number of aryl methyl sites for hydroxylation is 1. The summed E-state index contributed by atoms with van der Waals surface area (Å²) in [5.41, 5.74) is 3.70. The summed E-state index contributed by atoms with van der Waals surface area (Å²) in [6.45, 7) is 10.6. The Hall–Kier alpha value is -5.08. The van der Waals surface area contributed by atoms with Crippen molar-refractivity contribution < 1.29 is 33.4 Å². The van der Waals surface area contributed by atoms with E-state index in [1.165, 1.54) is 30.0 Å². The van der Waals surface area contributed by atoms with Crippen molar-refractivity contribution in [3.05, 3.63) is 76.0 Å². The molecule has 5 N–H and O–H groups in total. The number of thioether (sulfide) groups is 1. The minimum atomic E-state index is -2.02. The van der Waals surface area contributed by atoms with Gasteiger partial charge in [-0.2, -0.15) is 16.7 Å². The summed E-state index contributed by atoms with van der Waals surface area (Å²) in [6, 6.07) is 10.5. The largest absolute Gasteiger partial charge is 0.495 e. The summed E-state index contributed by atoms with van der Waals surface area (Å²) in [5.74, 6) is -0.0459. The Labute approximate surface area is 397 Å². The number of methoxy groups -OCH3 is 1. The summed E-state index contributed by atoms with van der Waals surface area (Å²) in [6.07, 6.45) is 1.49. The van der Waals surface area contributed by atoms with E-state index in [1.54, 1.807) is 42.1 Å². The predicted molar refractivity (Wildman–Crippen MR) is 256 cm³/mol. The second-order valence-electron chi connectivity index (χ2n) is 17.5. The van der Waals surface area contributed by atoms with Crippen LogP contribution in [-0.4, -0.2) is 146 Å². The van der Waals surface area contributed by atoms with E-state index in [9.17, 15) is 24.3 Å². The lowest BCUT2D eigenvalue weighted by Gasteiger charge is -2.38. The number of halogens is 2. The van der Waals surface area contributed by atoms with Crippen molar-refractivity contribution in [3.8, 4) is 16.2 Å². The first kappa shape index (κ1) is 48.8. The molecule has 7 rings (SSSR count). The number of likely N-dealkylation sites (tertiary alicyclic amines) is 1. The SMILES string of the molecule is CNc1nc(Nc2ccc(C(=O)N3CCN(CCCSC(C)(C)C(NC(=O)C4(F)CC4)C(=O)N4C[C@H](O)C[C@H]4C(=O)N[C@@H](C)c4ccc(-c5scnc5C)cc4)CC3)cc2OC)ncc1Cl. The number of aliphatic hydroxyl groups is 1. The maximum atomic E-state index is 15.1. The van der Waals surface area contributed by atoms with Gasteiger partial charge in [-0.15, -0.1) is 11.3 Å². The maximum absolute atomic E-state index is 15.1. The molecule has 1 saturated carbocycles. The third-order valence-corrected chi connectivity index (χ3v) is 15.1. The fraction of sp³-hybridized carbons (Fsp3) is 0.500. The van der Waals surface area contributed by atoms with Crippen molar-refractivity contribution in [2.75, 3.05) is 69.8 Å². The van der Waals surface area contributed by atoms with Crippen LogP contribution in [0.25, 0.3) is 10.4 Å². The third kappa shape index (κ3) is 11.4. The predicted octanol–water partition coefficient (Wildman–Crippen LogP) is 5.84. The van der Waals surface area contributed by atoms with Gasteiger partial charge in [-0.05, 0) is 88.6 Å². The molecule has 4 heterocycles. The Bertz CT molecular complexity index is 2400. The van der Waals surface area contributed by atoms with Crippen LogP contribution in [0.4, 0.5) is 21.8 Å². The summed E-state index contributed by atoms with van der Waals surface area (Å²) in [7, 11) is 3.24. The zero-order valence-corrected chi connectivity index (χ0v) is 40.4. The third-order valence-electron chi connectivity index (χ3n) is 12.4. The van der Waals surface area contributed by atoms with Crippen molar-refractivity contribution in [2.24, 2.45) is 0 Å². The number of aliphatic hydroxyl groups excluding tert-OH is 1. The fourth-order valence-electron chi connectivity index (χ4n) is 8.21. The molecule has 66 heavy (non-hydrogen) atoms. The lowest BCUT2D eigenvalue weighted by molar-refractivity contribution is -0.143. The first-order valence-corrected chi connectivity index (χ1v) is 24.3. The molecule has 2 aromatic carbocycles. The van der Waals surface area contributed by atoms with Crippen LogP contribution in [0.2, 0.25) is 5.02 Å². The molecule has 2 aromatic heterocycles. The minimum Gasteiger partial charge on any atom is -0.495 e. The number of piperazine rings is 1. The number of thiazole rings is 1. The number of anilines is 3. The average molecular weight is 966 g/mol. The van der Waals surface area contributed by atoms with Gasteiger partial charge < -0.3 is 40.9 Å². The van der Waals surface area contributed by atoms with Crippen LogP contribution >= 0.6 is 34.7 Å². The fourth-order valence-corrected chi connectivity index (χ4v) is 10.3. The molecule has 0 bridgehead atoms. The first-order chi connectivity index (χ1) is 31.5. The summed E-state index contributed by atoms with van der Waals surface area (Å²) in [4.78, 5) is 74.6. The smallest absolute Gasteiger partial charge is 0.258 e.